The number of carbonyl (C=O) groups excluding carboxylic acids is 1. The van der Waals surface area contributed by atoms with Crippen LogP contribution in [0.2, 0.25) is 19.6 Å². The fraction of sp³-hybridized carbons (Fsp3) is 0.212. The Labute approximate surface area is 269 Å². The number of benzene rings is 3. The van der Waals surface area contributed by atoms with Gasteiger partial charge in [0.15, 0.2) is 19.6 Å². The average Bonchev–Trinajstić information content (AvgIpc) is 2.98. The minimum absolute atomic E-state index is 0.0561. The van der Waals surface area contributed by atoms with Crippen LogP contribution >= 0.6 is 0 Å². The highest BCUT2D eigenvalue weighted by Gasteiger charge is 2.32. The molecule has 1 unspecified atom stereocenters. The van der Waals surface area contributed by atoms with Crippen LogP contribution in [0.15, 0.2) is 98.3 Å². The molecule has 0 fully saturated rings. The highest BCUT2D eigenvalue weighted by molar-refractivity contribution is 7.91. The zero-order valence-electron chi connectivity index (χ0n) is 25.7. The van der Waals surface area contributed by atoms with Crippen molar-refractivity contribution in [3.63, 3.8) is 0 Å². The van der Waals surface area contributed by atoms with Crippen LogP contribution < -0.4 is 10.9 Å². The molecule has 0 saturated carbocycles. The van der Waals surface area contributed by atoms with E-state index in [2.05, 4.69) is 36.4 Å². The van der Waals surface area contributed by atoms with Gasteiger partial charge in [0.1, 0.15) is 13.6 Å². The van der Waals surface area contributed by atoms with Gasteiger partial charge in [-0.1, -0.05) is 43.8 Å². The van der Waals surface area contributed by atoms with Crippen LogP contribution in [-0.4, -0.2) is 37.8 Å². The standard InChI is InChI=1S/C33H31F3N2O5S2Si/c1-22-30(44(41)27-13-9-23(10-14-27)17-18-46(3,4)5)20-29(31(39)37-21-24-11-15-28(16-12-24)45(2,42)43)32(40)38(22)26-8-6-7-25(19-26)33(34,35)36/h6-16,19-20H,21H2,1-5H3,(H,37,39). The first-order valence-electron chi connectivity index (χ1n) is 13.9. The lowest BCUT2D eigenvalue weighted by Crippen LogP contribution is -2.34. The Kier molecular flexibility index (Phi) is 10.1. The molecule has 13 heteroatoms. The van der Waals surface area contributed by atoms with Crippen LogP contribution in [0, 0.1) is 18.4 Å². The molecule has 4 rings (SSSR count). The van der Waals surface area contributed by atoms with Gasteiger partial charge in [0.05, 0.1) is 16.2 Å². The van der Waals surface area contributed by atoms with Gasteiger partial charge >= 0.3 is 6.18 Å². The molecule has 0 radical (unpaired) electrons. The number of nitrogens with one attached hydrogen (secondary N) is 1. The molecule has 3 aromatic carbocycles. The highest BCUT2D eigenvalue weighted by atomic mass is 32.2. The molecule has 46 heavy (non-hydrogen) atoms. The molecule has 1 amide bonds. The summed E-state index contributed by atoms with van der Waals surface area (Å²) >= 11 is -1.94. The van der Waals surface area contributed by atoms with E-state index in [0.717, 1.165) is 34.6 Å². The number of pyridine rings is 1. The molecule has 1 heterocycles. The van der Waals surface area contributed by atoms with Gasteiger partial charge in [0.25, 0.3) is 11.5 Å². The largest absolute Gasteiger partial charge is 0.606 e. The quantitative estimate of drug-likeness (QED) is 0.148. The van der Waals surface area contributed by atoms with Crippen molar-refractivity contribution in [2.75, 3.05) is 6.26 Å². The number of sulfone groups is 1. The number of hydrogen-bond acceptors (Lipinski definition) is 5. The molecular weight excluding hydrogens is 654 g/mol. The lowest BCUT2D eigenvalue weighted by Gasteiger charge is -2.19. The third-order valence-corrected chi connectivity index (χ3v) is 10.2. The van der Waals surface area contributed by atoms with Crippen molar-refractivity contribution in [2.45, 2.75) is 54.0 Å². The molecule has 1 N–H and O–H groups in total. The Morgan fingerprint density at radius 2 is 1.63 bits per heavy atom. The summed E-state index contributed by atoms with van der Waals surface area (Å²) in [7, 11) is -5.07. The molecule has 0 spiro atoms. The topological polar surface area (TPSA) is 108 Å². The SMILES string of the molecule is Cc1c([S+]([O-])c2ccc(C#C[Si](C)(C)C)cc2)cc(C(=O)NCc2ccc(S(C)(=O)=O)cc2)c(=O)n1-c1cccc(C(F)(F)F)c1. The second-order valence-corrected chi connectivity index (χ2v) is 19.8. The van der Waals surface area contributed by atoms with E-state index in [1.54, 1.807) is 24.3 Å². The third-order valence-electron chi connectivity index (χ3n) is 6.73. The summed E-state index contributed by atoms with van der Waals surface area (Å²) in [6, 6.07) is 17.7. The minimum Gasteiger partial charge on any atom is -0.606 e. The lowest BCUT2D eigenvalue weighted by atomic mass is 10.1. The molecule has 0 aliphatic rings. The molecule has 4 aromatic rings. The van der Waals surface area contributed by atoms with Crippen molar-refractivity contribution in [1.82, 2.24) is 9.88 Å². The van der Waals surface area contributed by atoms with Gasteiger partial charge in [-0.15, -0.1) is 5.54 Å². The van der Waals surface area contributed by atoms with Crippen molar-refractivity contribution >= 4 is 35.0 Å². The number of carbonyl (C=O) groups is 1. The Hall–Kier alpha value is -4.09. The molecule has 7 nitrogen and oxygen atoms in total. The van der Waals surface area contributed by atoms with Gasteiger partial charge in [-0.3, -0.25) is 14.2 Å². The predicted molar refractivity (Wildman–Crippen MR) is 174 cm³/mol. The summed E-state index contributed by atoms with van der Waals surface area (Å²) in [5.41, 5.74) is 2.11. The molecule has 1 atom stereocenters. The third kappa shape index (κ3) is 8.38. The molecular formula is C33H31F3N2O5S2Si. The number of rotatable bonds is 7. The van der Waals surface area contributed by atoms with Gasteiger partial charge in [-0.2, -0.15) is 13.2 Å². The van der Waals surface area contributed by atoms with E-state index < -0.39 is 57.9 Å². The zero-order valence-corrected chi connectivity index (χ0v) is 28.3. The van der Waals surface area contributed by atoms with E-state index >= 15 is 0 Å². The molecule has 240 valence electrons. The Balaban J connectivity index is 1.78. The highest BCUT2D eigenvalue weighted by Crippen LogP contribution is 2.31. The first kappa shape index (κ1) is 34.8. The van der Waals surface area contributed by atoms with E-state index in [9.17, 15) is 35.7 Å². The summed E-state index contributed by atoms with van der Waals surface area (Å²) < 4.78 is 79.1. The van der Waals surface area contributed by atoms with Crippen molar-refractivity contribution in [3.8, 4) is 17.2 Å². The van der Waals surface area contributed by atoms with Crippen molar-refractivity contribution < 1.29 is 30.9 Å². The number of aromatic nitrogens is 1. The number of alkyl halides is 3. The Morgan fingerprint density at radius 1 is 1.00 bits per heavy atom. The summed E-state index contributed by atoms with van der Waals surface area (Å²) in [6.45, 7) is 7.68. The first-order valence-corrected chi connectivity index (χ1v) is 20.5. The minimum atomic E-state index is -4.69. The molecule has 0 bridgehead atoms. The van der Waals surface area contributed by atoms with Gasteiger partial charge in [-0.25, -0.2) is 8.42 Å². The first-order chi connectivity index (χ1) is 21.3. The molecule has 1 aromatic heterocycles. The summed E-state index contributed by atoms with van der Waals surface area (Å²) in [5.74, 6) is 2.26. The van der Waals surface area contributed by atoms with Crippen LogP contribution in [0.3, 0.4) is 0 Å². The Bertz CT molecular complexity index is 2010. The van der Waals surface area contributed by atoms with Crippen molar-refractivity contribution in [1.29, 1.82) is 0 Å². The van der Waals surface area contributed by atoms with E-state index in [-0.39, 0.29) is 27.7 Å². The van der Waals surface area contributed by atoms with Gasteiger partial charge in [-0.05, 0) is 67.1 Å². The van der Waals surface area contributed by atoms with Gasteiger partial charge < -0.3 is 9.87 Å². The van der Waals surface area contributed by atoms with E-state index in [4.69, 9.17) is 0 Å². The number of amides is 1. The van der Waals surface area contributed by atoms with Crippen LogP contribution in [0.25, 0.3) is 5.69 Å². The van der Waals surface area contributed by atoms with E-state index in [1.165, 1.54) is 43.3 Å². The zero-order chi connectivity index (χ0) is 34.0. The number of nitrogens with zero attached hydrogens (tertiary/aromatic N) is 1. The lowest BCUT2D eigenvalue weighted by molar-refractivity contribution is -0.137. The number of halogens is 3. The van der Waals surface area contributed by atoms with Crippen LogP contribution in [0.5, 0.6) is 0 Å². The maximum absolute atomic E-state index is 13.9. The summed E-state index contributed by atoms with van der Waals surface area (Å²) in [4.78, 5) is 27.6. The fourth-order valence-corrected chi connectivity index (χ4v) is 6.71. The normalized spacial score (nSPS) is 12.6. The summed E-state index contributed by atoms with van der Waals surface area (Å²) in [6.07, 6.45) is -3.63. The second kappa shape index (κ2) is 13.3. The fourth-order valence-electron chi connectivity index (χ4n) is 4.34. The maximum atomic E-state index is 13.9. The van der Waals surface area contributed by atoms with Crippen LogP contribution in [0.1, 0.15) is 32.7 Å². The summed E-state index contributed by atoms with van der Waals surface area (Å²) in [5, 5.41) is 2.59. The number of hydrogen-bond donors (Lipinski definition) is 1. The second-order valence-electron chi connectivity index (χ2n) is 11.6. The van der Waals surface area contributed by atoms with Gasteiger partial charge in [0.2, 0.25) is 0 Å². The molecule has 0 saturated heterocycles. The monoisotopic (exact) mass is 684 g/mol. The molecule has 0 aliphatic carbocycles. The molecule has 0 aliphatic heterocycles. The smallest absolute Gasteiger partial charge is 0.416 e. The predicted octanol–water partition coefficient (Wildman–Crippen LogP) is 5.89. The van der Waals surface area contributed by atoms with Crippen LogP contribution in [-0.2, 0) is 33.7 Å². The van der Waals surface area contributed by atoms with Gasteiger partial charge in [0, 0.05) is 41.3 Å². The van der Waals surface area contributed by atoms with E-state index in [1.807, 2.05) is 0 Å². The van der Waals surface area contributed by atoms with Crippen LogP contribution in [0.4, 0.5) is 13.2 Å². The van der Waals surface area contributed by atoms with Crippen molar-refractivity contribution in [2.24, 2.45) is 0 Å². The maximum Gasteiger partial charge on any atom is 0.416 e. The Morgan fingerprint density at radius 3 is 2.20 bits per heavy atom. The van der Waals surface area contributed by atoms with Crippen molar-refractivity contribution in [3.05, 3.63) is 117 Å². The van der Waals surface area contributed by atoms with E-state index in [0.29, 0.717) is 10.5 Å². The average molecular weight is 685 g/mol.